The SMILES string of the molecule is CC(C)Cc1cc(OCc2nccn2C)c2[nH]nc(Nc3nccs3)c2c1. The van der Waals surface area contributed by atoms with Crippen LogP contribution in [0.25, 0.3) is 10.9 Å². The van der Waals surface area contributed by atoms with E-state index in [9.17, 15) is 0 Å². The van der Waals surface area contributed by atoms with Crippen LogP contribution < -0.4 is 10.1 Å². The Morgan fingerprint density at radius 2 is 2.15 bits per heavy atom. The zero-order chi connectivity index (χ0) is 18.8. The average Bonchev–Trinajstić information content (AvgIpc) is 3.36. The number of H-pyrrole nitrogens is 1. The van der Waals surface area contributed by atoms with Gasteiger partial charge in [-0.05, 0) is 30.0 Å². The molecule has 0 aliphatic heterocycles. The number of nitrogens with one attached hydrogen (secondary N) is 2. The van der Waals surface area contributed by atoms with E-state index in [1.807, 2.05) is 23.2 Å². The van der Waals surface area contributed by atoms with E-state index in [0.29, 0.717) is 12.5 Å². The zero-order valence-electron chi connectivity index (χ0n) is 15.6. The van der Waals surface area contributed by atoms with Gasteiger partial charge in [0.2, 0.25) is 0 Å². The van der Waals surface area contributed by atoms with Crippen LogP contribution in [-0.4, -0.2) is 24.7 Å². The van der Waals surface area contributed by atoms with Crippen molar-refractivity contribution in [2.45, 2.75) is 26.9 Å². The van der Waals surface area contributed by atoms with Crippen molar-refractivity contribution in [2.75, 3.05) is 5.32 Å². The molecule has 0 unspecified atom stereocenters. The number of rotatable bonds is 7. The smallest absolute Gasteiger partial charge is 0.188 e. The molecule has 8 heteroatoms. The molecule has 0 spiro atoms. The molecule has 140 valence electrons. The summed E-state index contributed by atoms with van der Waals surface area (Å²) >= 11 is 1.54. The lowest BCUT2D eigenvalue weighted by Gasteiger charge is -2.11. The number of benzene rings is 1. The Balaban J connectivity index is 1.69. The molecule has 0 atom stereocenters. The van der Waals surface area contributed by atoms with Crippen LogP contribution in [-0.2, 0) is 20.1 Å². The summed E-state index contributed by atoms with van der Waals surface area (Å²) in [6.07, 6.45) is 6.43. The van der Waals surface area contributed by atoms with Gasteiger partial charge in [0.15, 0.2) is 10.9 Å². The van der Waals surface area contributed by atoms with Crippen LogP contribution in [0.5, 0.6) is 5.75 Å². The highest BCUT2D eigenvalue weighted by Gasteiger charge is 2.15. The molecule has 0 aliphatic carbocycles. The molecular formula is C19H22N6OS. The van der Waals surface area contributed by atoms with Crippen LogP contribution in [0.1, 0.15) is 25.2 Å². The van der Waals surface area contributed by atoms with Gasteiger partial charge in [-0.25, -0.2) is 9.97 Å². The van der Waals surface area contributed by atoms with Gasteiger partial charge in [0, 0.05) is 36.4 Å². The molecule has 27 heavy (non-hydrogen) atoms. The van der Waals surface area contributed by atoms with Gasteiger partial charge >= 0.3 is 0 Å². The number of aromatic amines is 1. The monoisotopic (exact) mass is 382 g/mol. The van der Waals surface area contributed by atoms with E-state index in [1.54, 1.807) is 23.7 Å². The Bertz CT molecular complexity index is 1030. The third-order valence-electron chi connectivity index (χ3n) is 4.28. The summed E-state index contributed by atoms with van der Waals surface area (Å²) < 4.78 is 8.08. The molecule has 0 saturated heterocycles. The second-order valence-electron chi connectivity index (χ2n) is 6.89. The number of hydrogen-bond donors (Lipinski definition) is 2. The number of nitrogens with zero attached hydrogens (tertiary/aromatic N) is 4. The quantitative estimate of drug-likeness (QED) is 0.499. The first kappa shape index (κ1) is 17.5. The first-order valence-electron chi connectivity index (χ1n) is 8.86. The number of aromatic nitrogens is 5. The van der Waals surface area contributed by atoms with Crippen LogP contribution in [0.15, 0.2) is 36.1 Å². The lowest BCUT2D eigenvalue weighted by Crippen LogP contribution is -2.04. The Kier molecular flexibility index (Phi) is 4.81. The van der Waals surface area contributed by atoms with Crippen molar-refractivity contribution in [3.05, 3.63) is 47.5 Å². The van der Waals surface area contributed by atoms with E-state index in [2.05, 4.69) is 51.5 Å². The minimum atomic E-state index is 0.401. The maximum absolute atomic E-state index is 6.12. The van der Waals surface area contributed by atoms with E-state index in [4.69, 9.17) is 4.74 Å². The van der Waals surface area contributed by atoms with Crippen molar-refractivity contribution in [2.24, 2.45) is 13.0 Å². The number of thiazole rings is 1. The van der Waals surface area contributed by atoms with Crippen molar-refractivity contribution in [3.8, 4) is 5.75 Å². The number of anilines is 2. The molecule has 0 aliphatic rings. The summed E-state index contributed by atoms with van der Waals surface area (Å²) in [5.74, 6) is 2.96. The average molecular weight is 382 g/mol. The molecule has 4 aromatic rings. The fourth-order valence-electron chi connectivity index (χ4n) is 3.01. The van der Waals surface area contributed by atoms with Gasteiger partial charge in [-0.2, -0.15) is 5.10 Å². The highest BCUT2D eigenvalue weighted by molar-refractivity contribution is 7.13. The summed E-state index contributed by atoms with van der Waals surface area (Å²) in [6, 6.07) is 4.26. The fourth-order valence-corrected chi connectivity index (χ4v) is 3.54. The predicted octanol–water partition coefficient (Wildman–Crippen LogP) is 4.27. The Morgan fingerprint density at radius 3 is 2.85 bits per heavy atom. The zero-order valence-corrected chi connectivity index (χ0v) is 16.4. The fraction of sp³-hybridized carbons (Fsp3) is 0.316. The highest BCUT2D eigenvalue weighted by Crippen LogP contribution is 2.33. The largest absolute Gasteiger partial charge is 0.483 e. The molecule has 4 rings (SSSR count). The third kappa shape index (κ3) is 3.80. The number of aryl methyl sites for hydroxylation is 1. The maximum atomic E-state index is 6.12. The summed E-state index contributed by atoms with van der Waals surface area (Å²) in [5, 5.41) is 14.6. The summed E-state index contributed by atoms with van der Waals surface area (Å²) in [6.45, 7) is 4.82. The lowest BCUT2D eigenvalue weighted by atomic mass is 10.0. The summed E-state index contributed by atoms with van der Waals surface area (Å²) in [4.78, 5) is 8.61. The van der Waals surface area contributed by atoms with Crippen LogP contribution in [0.2, 0.25) is 0 Å². The number of imidazole rings is 1. The van der Waals surface area contributed by atoms with Gasteiger partial charge in [-0.1, -0.05) is 13.8 Å². The summed E-state index contributed by atoms with van der Waals surface area (Å²) in [5.41, 5.74) is 2.09. The molecule has 0 bridgehead atoms. The normalized spacial score (nSPS) is 11.4. The molecule has 0 amide bonds. The van der Waals surface area contributed by atoms with Gasteiger partial charge in [-0.3, -0.25) is 5.10 Å². The molecule has 1 aromatic carbocycles. The van der Waals surface area contributed by atoms with E-state index in [1.165, 1.54) is 5.56 Å². The minimum Gasteiger partial charge on any atom is -0.483 e. The Hall–Kier alpha value is -2.87. The van der Waals surface area contributed by atoms with Crippen LogP contribution >= 0.6 is 11.3 Å². The van der Waals surface area contributed by atoms with E-state index >= 15 is 0 Å². The van der Waals surface area contributed by atoms with Crippen LogP contribution in [0.3, 0.4) is 0 Å². The summed E-state index contributed by atoms with van der Waals surface area (Å²) in [7, 11) is 1.96. The molecule has 7 nitrogen and oxygen atoms in total. The van der Waals surface area contributed by atoms with Crippen molar-refractivity contribution < 1.29 is 4.74 Å². The second-order valence-corrected chi connectivity index (χ2v) is 7.79. The molecule has 3 aromatic heterocycles. The molecule has 0 saturated carbocycles. The van der Waals surface area contributed by atoms with Crippen LogP contribution in [0, 0.1) is 5.92 Å². The van der Waals surface area contributed by atoms with Crippen molar-refractivity contribution in [3.63, 3.8) is 0 Å². The van der Waals surface area contributed by atoms with Gasteiger partial charge in [-0.15, -0.1) is 11.3 Å². The van der Waals surface area contributed by atoms with Gasteiger partial charge in [0.1, 0.15) is 23.7 Å². The van der Waals surface area contributed by atoms with Gasteiger partial charge in [0.05, 0.1) is 0 Å². The molecule has 2 N–H and O–H groups in total. The number of hydrogen-bond acceptors (Lipinski definition) is 6. The Morgan fingerprint density at radius 1 is 1.26 bits per heavy atom. The first-order valence-corrected chi connectivity index (χ1v) is 9.74. The lowest BCUT2D eigenvalue weighted by molar-refractivity contribution is 0.294. The predicted molar refractivity (Wildman–Crippen MR) is 108 cm³/mol. The van der Waals surface area contributed by atoms with Gasteiger partial charge < -0.3 is 14.6 Å². The number of fused-ring (bicyclic) bond motifs is 1. The van der Waals surface area contributed by atoms with Crippen LogP contribution in [0.4, 0.5) is 10.9 Å². The maximum Gasteiger partial charge on any atom is 0.188 e. The first-order chi connectivity index (χ1) is 13.1. The molecule has 0 fully saturated rings. The van der Waals surface area contributed by atoms with Crippen molar-refractivity contribution in [1.82, 2.24) is 24.7 Å². The minimum absolute atomic E-state index is 0.401. The van der Waals surface area contributed by atoms with Gasteiger partial charge in [0.25, 0.3) is 0 Å². The Labute approximate surface area is 161 Å². The van der Waals surface area contributed by atoms with Crippen molar-refractivity contribution >= 4 is 33.2 Å². The number of ether oxygens (including phenoxy) is 1. The molecule has 3 heterocycles. The second kappa shape index (κ2) is 7.40. The third-order valence-corrected chi connectivity index (χ3v) is 4.96. The molecule has 0 radical (unpaired) electrons. The highest BCUT2D eigenvalue weighted by atomic mass is 32.1. The topological polar surface area (TPSA) is 80.7 Å². The van der Waals surface area contributed by atoms with Crippen molar-refractivity contribution in [1.29, 1.82) is 0 Å². The van der Waals surface area contributed by atoms with E-state index in [-0.39, 0.29) is 0 Å². The molecular weight excluding hydrogens is 360 g/mol. The van der Waals surface area contributed by atoms with E-state index in [0.717, 1.165) is 39.8 Å². The van der Waals surface area contributed by atoms with E-state index < -0.39 is 0 Å². The standard InChI is InChI=1S/C19H22N6OS/c1-12(2)8-13-9-14-17(23-24-18(14)22-19-21-5-7-27-19)15(10-13)26-11-16-20-4-6-25(16)3/h4-7,9-10,12H,8,11H2,1-3H3,(H2,21,22,23,24).